The van der Waals surface area contributed by atoms with Gasteiger partial charge in [-0.2, -0.15) is 0 Å². The van der Waals surface area contributed by atoms with E-state index in [1.807, 2.05) is 0 Å². The van der Waals surface area contributed by atoms with Crippen LogP contribution in [-0.4, -0.2) is 42.0 Å². The van der Waals surface area contributed by atoms with Crippen molar-refractivity contribution in [3.63, 3.8) is 0 Å². The average Bonchev–Trinajstić information content (AvgIpc) is 2.53. The van der Waals surface area contributed by atoms with E-state index in [1.165, 1.54) is 12.1 Å². The maximum absolute atomic E-state index is 12.2. The lowest BCUT2D eigenvalue weighted by Crippen LogP contribution is -2.32. The van der Waals surface area contributed by atoms with Gasteiger partial charge in [-0.3, -0.25) is 14.9 Å². The molecule has 1 aromatic rings. The van der Waals surface area contributed by atoms with E-state index in [0.29, 0.717) is 16.7 Å². The van der Waals surface area contributed by atoms with Crippen LogP contribution < -0.4 is 10.2 Å². The molecule has 114 valence electrons. The Labute approximate surface area is 128 Å². The molecule has 1 aromatic carbocycles. The van der Waals surface area contributed by atoms with Gasteiger partial charge in [0.2, 0.25) is 5.91 Å². The second-order valence-corrected chi connectivity index (χ2v) is 6.28. The van der Waals surface area contributed by atoms with Gasteiger partial charge in [-0.1, -0.05) is 0 Å². The minimum Gasteiger partial charge on any atom is -0.317 e. The Balaban J connectivity index is 1.87. The smallest absolute Gasteiger partial charge is 0.269 e. The van der Waals surface area contributed by atoms with Gasteiger partial charge in [0.25, 0.3) is 5.69 Å². The molecule has 21 heavy (non-hydrogen) atoms. The number of anilines is 1. The molecule has 7 heteroatoms. The first-order valence-corrected chi connectivity index (χ1v) is 7.96. The predicted octanol–water partition coefficient (Wildman–Crippen LogP) is 2.04. The summed E-state index contributed by atoms with van der Waals surface area (Å²) in [6.07, 6.45) is 2.19. The molecule has 0 unspecified atom stereocenters. The van der Waals surface area contributed by atoms with Gasteiger partial charge in [0.15, 0.2) is 0 Å². The van der Waals surface area contributed by atoms with Crippen LogP contribution in [0.3, 0.4) is 0 Å². The first-order chi connectivity index (χ1) is 10.1. The Morgan fingerprint density at radius 3 is 2.57 bits per heavy atom. The number of hydrogen-bond donors (Lipinski definition) is 1. The number of nitro benzene ring substituents is 1. The number of rotatable bonds is 5. The third-order valence-corrected chi connectivity index (χ3v) is 4.91. The number of nitrogens with zero attached hydrogens (tertiary/aromatic N) is 2. The van der Waals surface area contributed by atoms with E-state index in [0.717, 1.165) is 25.9 Å². The molecule has 0 spiro atoms. The summed E-state index contributed by atoms with van der Waals surface area (Å²) < 4.78 is 0. The fraction of sp³-hybridized carbons (Fsp3) is 0.500. The lowest BCUT2D eigenvalue weighted by molar-refractivity contribution is -0.384. The molecule has 0 atom stereocenters. The first-order valence-electron chi connectivity index (χ1n) is 6.91. The second-order valence-electron chi connectivity index (χ2n) is 4.99. The van der Waals surface area contributed by atoms with Crippen LogP contribution in [0.5, 0.6) is 0 Å². The lowest BCUT2D eigenvalue weighted by atomic mass is 10.2. The van der Waals surface area contributed by atoms with Crippen LogP contribution in [-0.2, 0) is 4.79 Å². The molecule has 1 saturated heterocycles. The zero-order valence-corrected chi connectivity index (χ0v) is 12.8. The van der Waals surface area contributed by atoms with E-state index in [2.05, 4.69) is 5.32 Å². The van der Waals surface area contributed by atoms with Crippen molar-refractivity contribution in [1.82, 2.24) is 5.32 Å². The Kier molecular flexibility index (Phi) is 5.58. The Hall–Kier alpha value is -1.60. The topological polar surface area (TPSA) is 75.5 Å². The van der Waals surface area contributed by atoms with Crippen molar-refractivity contribution in [2.45, 2.75) is 18.1 Å². The predicted molar refractivity (Wildman–Crippen MR) is 84.9 cm³/mol. The quantitative estimate of drug-likeness (QED) is 0.665. The molecule has 1 aliphatic rings. The molecular formula is C14H19N3O3S. The van der Waals surface area contributed by atoms with Crippen LogP contribution in [0, 0.1) is 10.1 Å². The summed E-state index contributed by atoms with van der Waals surface area (Å²) in [4.78, 5) is 23.9. The van der Waals surface area contributed by atoms with Crippen molar-refractivity contribution in [2.24, 2.45) is 0 Å². The number of non-ortho nitro benzene ring substituents is 1. The number of amides is 1. The van der Waals surface area contributed by atoms with Gasteiger partial charge in [0, 0.05) is 30.1 Å². The summed E-state index contributed by atoms with van der Waals surface area (Å²) in [6.45, 7) is 2.04. The fourth-order valence-corrected chi connectivity index (χ4v) is 3.33. The van der Waals surface area contributed by atoms with Gasteiger partial charge >= 0.3 is 0 Å². The minimum absolute atomic E-state index is 0.0207. The van der Waals surface area contributed by atoms with Gasteiger partial charge in [0.1, 0.15) is 0 Å². The molecule has 1 heterocycles. The summed E-state index contributed by atoms with van der Waals surface area (Å²) in [7, 11) is 1.70. The lowest BCUT2D eigenvalue weighted by Gasteiger charge is -2.23. The van der Waals surface area contributed by atoms with Gasteiger partial charge in [-0.25, -0.2) is 0 Å². The van der Waals surface area contributed by atoms with E-state index < -0.39 is 4.92 Å². The van der Waals surface area contributed by atoms with Crippen LogP contribution in [0.4, 0.5) is 11.4 Å². The molecule has 1 fully saturated rings. The van der Waals surface area contributed by atoms with Gasteiger partial charge < -0.3 is 10.2 Å². The summed E-state index contributed by atoms with van der Waals surface area (Å²) in [5.74, 6) is 0.463. The Morgan fingerprint density at radius 1 is 1.38 bits per heavy atom. The zero-order chi connectivity index (χ0) is 15.2. The number of carbonyl (C=O) groups excluding carboxylic acids is 1. The van der Waals surface area contributed by atoms with Crippen LogP contribution in [0.25, 0.3) is 0 Å². The van der Waals surface area contributed by atoms with E-state index in [9.17, 15) is 14.9 Å². The van der Waals surface area contributed by atoms with E-state index in [4.69, 9.17) is 0 Å². The van der Waals surface area contributed by atoms with Gasteiger partial charge in [-0.15, -0.1) is 11.8 Å². The number of carbonyl (C=O) groups is 1. The highest BCUT2D eigenvalue weighted by Gasteiger charge is 2.17. The monoisotopic (exact) mass is 309 g/mol. The fourth-order valence-electron chi connectivity index (χ4n) is 2.19. The van der Waals surface area contributed by atoms with Crippen molar-refractivity contribution >= 4 is 29.0 Å². The highest BCUT2D eigenvalue weighted by molar-refractivity contribution is 8.00. The highest BCUT2D eigenvalue weighted by Crippen LogP contribution is 2.22. The second kappa shape index (κ2) is 7.42. The van der Waals surface area contributed by atoms with Crippen molar-refractivity contribution in [2.75, 3.05) is 30.8 Å². The first kappa shape index (κ1) is 15.8. The number of nitrogens with one attached hydrogen (secondary N) is 1. The molecule has 1 aliphatic heterocycles. The minimum atomic E-state index is -0.446. The molecule has 1 amide bonds. The van der Waals surface area contributed by atoms with Crippen molar-refractivity contribution in [3.8, 4) is 0 Å². The molecule has 1 N–H and O–H groups in total. The summed E-state index contributed by atoms with van der Waals surface area (Å²) in [6, 6.07) is 6.04. The van der Waals surface area contributed by atoms with Crippen LogP contribution in [0.1, 0.15) is 12.8 Å². The third kappa shape index (κ3) is 4.44. The van der Waals surface area contributed by atoms with Crippen molar-refractivity contribution in [1.29, 1.82) is 0 Å². The van der Waals surface area contributed by atoms with Crippen molar-refractivity contribution < 1.29 is 9.72 Å². The van der Waals surface area contributed by atoms with Crippen LogP contribution in [0.15, 0.2) is 24.3 Å². The number of hydrogen-bond acceptors (Lipinski definition) is 5. The highest BCUT2D eigenvalue weighted by atomic mass is 32.2. The molecule has 0 aliphatic carbocycles. The van der Waals surface area contributed by atoms with Gasteiger partial charge in [-0.05, 0) is 38.1 Å². The summed E-state index contributed by atoms with van der Waals surface area (Å²) in [5, 5.41) is 14.5. The van der Waals surface area contributed by atoms with E-state index in [-0.39, 0.29) is 11.6 Å². The summed E-state index contributed by atoms with van der Waals surface area (Å²) in [5.41, 5.74) is 0.709. The maximum atomic E-state index is 12.2. The number of nitro groups is 1. The van der Waals surface area contributed by atoms with Crippen molar-refractivity contribution in [3.05, 3.63) is 34.4 Å². The van der Waals surface area contributed by atoms with Crippen LogP contribution in [0.2, 0.25) is 0 Å². The average molecular weight is 309 g/mol. The number of benzene rings is 1. The standard InChI is InChI=1S/C14H19N3O3S/c1-16(11-2-4-12(5-3-11)17(19)20)14(18)10-21-13-6-8-15-9-7-13/h2-5,13,15H,6-10H2,1H3. The molecule has 0 aromatic heterocycles. The van der Waals surface area contributed by atoms with Crippen LogP contribution >= 0.6 is 11.8 Å². The number of piperidine rings is 1. The number of thioether (sulfide) groups is 1. The molecule has 6 nitrogen and oxygen atoms in total. The van der Waals surface area contributed by atoms with E-state index >= 15 is 0 Å². The molecular weight excluding hydrogens is 290 g/mol. The largest absolute Gasteiger partial charge is 0.317 e. The molecule has 0 radical (unpaired) electrons. The SMILES string of the molecule is CN(C(=O)CSC1CCNCC1)c1ccc([N+](=O)[O-])cc1. The summed E-state index contributed by atoms with van der Waals surface area (Å²) >= 11 is 1.70. The Bertz CT molecular complexity index is 501. The van der Waals surface area contributed by atoms with Gasteiger partial charge in [0.05, 0.1) is 10.7 Å². The molecule has 2 rings (SSSR count). The third-order valence-electron chi connectivity index (χ3n) is 3.55. The molecule has 0 bridgehead atoms. The maximum Gasteiger partial charge on any atom is 0.269 e. The van der Waals surface area contributed by atoms with E-state index in [1.54, 1.807) is 35.8 Å². The normalized spacial score (nSPS) is 15.7. The zero-order valence-electron chi connectivity index (χ0n) is 11.9. The molecule has 0 saturated carbocycles. The Morgan fingerprint density at radius 2 is 2.00 bits per heavy atom.